The summed E-state index contributed by atoms with van der Waals surface area (Å²) in [6, 6.07) is 10.1. The Morgan fingerprint density at radius 1 is 1.11 bits per heavy atom. The lowest BCUT2D eigenvalue weighted by Crippen LogP contribution is -2.25. The van der Waals surface area contributed by atoms with Crippen molar-refractivity contribution in [2.45, 2.75) is 6.92 Å². The summed E-state index contributed by atoms with van der Waals surface area (Å²) in [7, 11) is 3.03. The van der Waals surface area contributed by atoms with Gasteiger partial charge in [0.15, 0.2) is 18.1 Å². The summed E-state index contributed by atoms with van der Waals surface area (Å²) in [6.07, 6.45) is 0. The smallest absolute Gasteiger partial charge is 0.271 e. The number of rotatable bonds is 5. The molecule has 0 fully saturated rings. The summed E-state index contributed by atoms with van der Waals surface area (Å²) < 4.78 is 15.7. The molecule has 27 heavy (non-hydrogen) atoms. The summed E-state index contributed by atoms with van der Waals surface area (Å²) in [5.74, 6) is 0.991. The van der Waals surface area contributed by atoms with E-state index in [9.17, 15) is 9.59 Å². The zero-order valence-electron chi connectivity index (χ0n) is 15.2. The molecule has 0 aliphatic carbocycles. The molecule has 1 aliphatic rings. The number of amides is 2. The fourth-order valence-electron chi connectivity index (χ4n) is 2.55. The maximum Gasteiger partial charge on any atom is 0.271 e. The Labute approximate surface area is 156 Å². The maximum atomic E-state index is 12.3. The van der Waals surface area contributed by atoms with Crippen LogP contribution in [0.25, 0.3) is 0 Å². The zero-order valence-corrected chi connectivity index (χ0v) is 15.2. The first-order chi connectivity index (χ1) is 13.0. The van der Waals surface area contributed by atoms with Crippen LogP contribution in [0.3, 0.4) is 0 Å². The van der Waals surface area contributed by atoms with Gasteiger partial charge in [0, 0.05) is 5.56 Å². The molecule has 0 aromatic heterocycles. The highest BCUT2D eigenvalue weighted by atomic mass is 16.5. The molecule has 1 heterocycles. The molecule has 0 atom stereocenters. The molecule has 140 valence electrons. The molecular weight excluding hydrogens is 350 g/mol. The largest absolute Gasteiger partial charge is 0.493 e. The van der Waals surface area contributed by atoms with Gasteiger partial charge in [-0.15, -0.1) is 0 Å². The van der Waals surface area contributed by atoms with E-state index in [0.717, 1.165) is 5.56 Å². The van der Waals surface area contributed by atoms with Crippen LogP contribution < -0.4 is 25.0 Å². The predicted octanol–water partition coefficient (Wildman–Crippen LogP) is 2.19. The van der Waals surface area contributed by atoms with Gasteiger partial charge in [-0.3, -0.25) is 9.59 Å². The molecule has 2 amide bonds. The van der Waals surface area contributed by atoms with Crippen molar-refractivity contribution < 1.29 is 23.8 Å². The molecule has 8 nitrogen and oxygen atoms in total. The van der Waals surface area contributed by atoms with Crippen LogP contribution in [0, 0.1) is 0 Å². The van der Waals surface area contributed by atoms with Crippen LogP contribution in [0.2, 0.25) is 0 Å². The average molecular weight is 369 g/mol. The Hall–Kier alpha value is -3.55. The number of fused-ring (bicyclic) bond motifs is 1. The third-order valence-electron chi connectivity index (χ3n) is 4.00. The quantitative estimate of drug-likeness (QED) is 0.622. The van der Waals surface area contributed by atoms with Crippen molar-refractivity contribution in [3.05, 3.63) is 47.5 Å². The maximum absolute atomic E-state index is 12.3. The normalized spacial score (nSPS) is 13.1. The Kier molecular flexibility index (Phi) is 5.25. The summed E-state index contributed by atoms with van der Waals surface area (Å²) in [5, 5.41) is 6.87. The number of carbonyl (C=O) groups is 2. The molecule has 0 saturated heterocycles. The van der Waals surface area contributed by atoms with Gasteiger partial charge in [0.25, 0.3) is 11.8 Å². The van der Waals surface area contributed by atoms with Crippen molar-refractivity contribution in [3.63, 3.8) is 0 Å². The van der Waals surface area contributed by atoms with Crippen LogP contribution in [-0.2, 0) is 4.79 Å². The molecule has 2 aromatic rings. The Morgan fingerprint density at radius 2 is 1.85 bits per heavy atom. The lowest BCUT2D eigenvalue weighted by molar-refractivity contribution is -0.118. The zero-order chi connectivity index (χ0) is 19.4. The van der Waals surface area contributed by atoms with Gasteiger partial charge < -0.3 is 19.5 Å². The number of hydrazone groups is 1. The van der Waals surface area contributed by atoms with E-state index in [0.29, 0.717) is 34.2 Å². The van der Waals surface area contributed by atoms with Gasteiger partial charge in [0.1, 0.15) is 5.75 Å². The molecule has 2 N–H and O–H groups in total. The second kappa shape index (κ2) is 7.77. The minimum Gasteiger partial charge on any atom is -0.493 e. The molecule has 3 rings (SSSR count). The molecule has 0 saturated carbocycles. The standard InChI is InChI=1S/C19H19N3O5/c1-11(12-4-6-15-14(8-12)20-18(23)10-27-15)21-22-19(24)13-5-7-16(25-2)17(9-13)26-3/h4-9H,10H2,1-3H3,(H,20,23)(H,22,24)/b21-11-. The first kappa shape index (κ1) is 18.2. The Morgan fingerprint density at radius 3 is 2.59 bits per heavy atom. The van der Waals surface area contributed by atoms with Crippen LogP contribution >= 0.6 is 0 Å². The molecule has 1 aliphatic heterocycles. The van der Waals surface area contributed by atoms with E-state index < -0.39 is 0 Å². The second-order valence-corrected chi connectivity index (χ2v) is 5.76. The summed E-state index contributed by atoms with van der Waals surface area (Å²) in [5.41, 5.74) is 4.79. The molecule has 0 bridgehead atoms. The number of hydrogen-bond donors (Lipinski definition) is 2. The third-order valence-corrected chi connectivity index (χ3v) is 4.00. The molecular formula is C19H19N3O5. The molecule has 2 aromatic carbocycles. The SMILES string of the molecule is COc1ccc(C(=O)N/N=C(/C)c2ccc3c(c2)NC(=O)CO3)cc1OC. The van der Waals surface area contributed by atoms with Crippen molar-refractivity contribution in [3.8, 4) is 17.2 Å². The highest BCUT2D eigenvalue weighted by Gasteiger charge is 2.16. The van der Waals surface area contributed by atoms with Gasteiger partial charge >= 0.3 is 0 Å². The molecule has 0 unspecified atom stereocenters. The van der Waals surface area contributed by atoms with Gasteiger partial charge in [-0.2, -0.15) is 5.10 Å². The lowest BCUT2D eigenvalue weighted by atomic mass is 10.1. The first-order valence-electron chi connectivity index (χ1n) is 8.15. The van der Waals surface area contributed by atoms with Crippen molar-refractivity contribution in [1.29, 1.82) is 0 Å². The number of carbonyl (C=O) groups excluding carboxylic acids is 2. The van der Waals surface area contributed by atoms with E-state index in [2.05, 4.69) is 15.8 Å². The Balaban J connectivity index is 1.75. The fourth-order valence-corrected chi connectivity index (χ4v) is 2.55. The third kappa shape index (κ3) is 4.00. The van der Waals surface area contributed by atoms with Crippen LogP contribution in [0.15, 0.2) is 41.5 Å². The predicted molar refractivity (Wildman–Crippen MR) is 99.8 cm³/mol. The Bertz CT molecular complexity index is 924. The number of benzene rings is 2. The highest BCUT2D eigenvalue weighted by molar-refractivity contribution is 6.03. The van der Waals surface area contributed by atoms with Crippen molar-refractivity contribution >= 4 is 23.2 Å². The van der Waals surface area contributed by atoms with Crippen LogP contribution in [-0.4, -0.2) is 38.4 Å². The monoisotopic (exact) mass is 369 g/mol. The van der Waals surface area contributed by atoms with Crippen LogP contribution in [0.4, 0.5) is 5.69 Å². The van der Waals surface area contributed by atoms with E-state index in [4.69, 9.17) is 14.2 Å². The average Bonchev–Trinajstić information content (AvgIpc) is 2.70. The summed E-state index contributed by atoms with van der Waals surface area (Å²) >= 11 is 0. The van der Waals surface area contributed by atoms with Crippen molar-refractivity contribution in [1.82, 2.24) is 5.43 Å². The highest BCUT2D eigenvalue weighted by Crippen LogP contribution is 2.29. The van der Waals surface area contributed by atoms with Crippen molar-refractivity contribution in [2.75, 3.05) is 26.1 Å². The topological polar surface area (TPSA) is 98.2 Å². The van der Waals surface area contributed by atoms with E-state index in [-0.39, 0.29) is 18.4 Å². The molecule has 8 heteroatoms. The second-order valence-electron chi connectivity index (χ2n) is 5.76. The first-order valence-corrected chi connectivity index (χ1v) is 8.15. The van der Waals surface area contributed by atoms with Gasteiger partial charge in [0.05, 0.1) is 25.6 Å². The number of methoxy groups -OCH3 is 2. The van der Waals surface area contributed by atoms with Gasteiger partial charge in [-0.05, 0) is 48.9 Å². The summed E-state index contributed by atoms with van der Waals surface area (Å²) in [6.45, 7) is 1.75. The molecule has 0 radical (unpaired) electrons. The van der Waals surface area contributed by atoms with Gasteiger partial charge in [-0.1, -0.05) is 0 Å². The number of nitrogens with one attached hydrogen (secondary N) is 2. The lowest BCUT2D eigenvalue weighted by Gasteiger charge is -2.18. The minimum atomic E-state index is -0.384. The molecule has 0 spiro atoms. The minimum absolute atomic E-state index is 0.000793. The van der Waals surface area contributed by atoms with Crippen molar-refractivity contribution in [2.24, 2.45) is 5.10 Å². The van der Waals surface area contributed by atoms with E-state index in [1.54, 1.807) is 43.3 Å². The number of ether oxygens (including phenoxy) is 3. The van der Waals surface area contributed by atoms with E-state index >= 15 is 0 Å². The number of anilines is 1. The summed E-state index contributed by atoms with van der Waals surface area (Å²) in [4.78, 5) is 23.8. The van der Waals surface area contributed by atoms with E-state index in [1.807, 2.05) is 0 Å². The van der Waals surface area contributed by atoms with Gasteiger partial charge in [0.2, 0.25) is 0 Å². The van der Waals surface area contributed by atoms with Gasteiger partial charge in [-0.25, -0.2) is 5.43 Å². The fraction of sp³-hybridized carbons (Fsp3) is 0.211. The number of hydrogen-bond acceptors (Lipinski definition) is 6. The number of nitrogens with zero attached hydrogens (tertiary/aromatic N) is 1. The van der Waals surface area contributed by atoms with Crippen LogP contribution in [0.5, 0.6) is 17.2 Å². The van der Waals surface area contributed by atoms with Crippen LogP contribution in [0.1, 0.15) is 22.8 Å². The van der Waals surface area contributed by atoms with E-state index in [1.165, 1.54) is 14.2 Å².